The third-order valence-electron chi connectivity index (χ3n) is 4.88. The Morgan fingerprint density at radius 1 is 1.37 bits per heavy atom. The van der Waals surface area contributed by atoms with Gasteiger partial charge in [0, 0.05) is 26.4 Å². The Morgan fingerprint density at radius 3 is 2.84 bits per heavy atom. The fourth-order valence-electron chi connectivity index (χ4n) is 3.79. The lowest BCUT2D eigenvalue weighted by atomic mass is 9.89. The minimum absolute atomic E-state index is 0.0235. The molecule has 2 aliphatic carbocycles. The van der Waals surface area contributed by atoms with Gasteiger partial charge in [-0.05, 0) is 37.0 Å². The standard InChI is InChI=1S/C14H21N3O2/c1-17-13(18)5-4-12(16-17)14(19)15-8-11-7-9-2-3-10(11)6-9/h9-11H,2-8H2,1H3,(H,15,19)/t9-,10-,11+/m0/s1. The van der Waals surface area contributed by atoms with Crippen LogP contribution < -0.4 is 5.32 Å². The first-order chi connectivity index (χ1) is 9.13. The highest BCUT2D eigenvalue weighted by Crippen LogP contribution is 2.47. The third-order valence-corrected chi connectivity index (χ3v) is 4.88. The summed E-state index contributed by atoms with van der Waals surface area (Å²) in [5.74, 6) is 2.27. The minimum atomic E-state index is -0.0953. The van der Waals surface area contributed by atoms with E-state index in [1.165, 1.54) is 30.7 Å². The summed E-state index contributed by atoms with van der Waals surface area (Å²) in [6, 6.07) is 0. The van der Waals surface area contributed by atoms with E-state index >= 15 is 0 Å². The lowest BCUT2D eigenvalue weighted by molar-refractivity contribution is -0.130. The second-order valence-corrected chi connectivity index (χ2v) is 6.11. The maximum Gasteiger partial charge on any atom is 0.267 e. The van der Waals surface area contributed by atoms with Crippen molar-refractivity contribution in [2.45, 2.75) is 38.5 Å². The van der Waals surface area contributed by atoms with Gasteiger partial charge in [-0.15, -0.1) is 0 Å². The Balaban J connectivity index is 1.52. The molecule has 19 heavy (non-hydrogen) atoms. The van der Waals surface area contributed by atoms with Gasteiger partial charge in [-0.3, -0.25) is 9.59 Å². The number of hydrazone groups is 1. The molecule has 0 aromatic rings. The summed E-state index contributed by atoms with van der Waals surface area (Å²) in [5, 5.41) is 8.33. The largest absolute Gasteiger partial charge is 0.351 e. The Kier molecular flexibility index (Phi) is 3.29. The van der Waals surface area contributed by atoms with Gasteiger partial charge >= 0.3 is 0 Å². The van der Waals surface area contributed by atoms with Gasteiger partial charge in [-0.2, -0.15) is 5.10 Å². The maximum atomic E-state index is 12.0. The van der Waals surface area contributed by atoms with Gasteiger partial charge in [0.1, 0.15) is 5.71 Å². The number of fused-ring (bicyclic) bond motifs is 2. The molecule has 5 nitrogen and oxygen atoms in total. The number of carbonyl (C=O) groups excluding carboxylic acids is 2. The second-order valence-electron chi connectivity index (χ2n) is 6.11. The summed E-state index contributed by atoms with van der Waals surface area (Å²) < 4.78 is 0. The topological polar surface area (TPSA) is 61.8 Å². The van der Waals surface area contributed by atoms with Gasteiger partial charge in [0.05, 0.1) is 0 Å². The first kappa shape index (κ1) is 12.6. The van der Waals surface area contributed by atoms with Crippen LogP contribution in [0.3, 0.4) is 0 Å². The van der Waals surface area contributed by atoms with Crippen molar-refractivity contribution in [3.05, 3.63) is 0 Å². The molecule has 2 bridgehead atoms. The molecule has 0 spiro atoms. The molecule has 0 radical (unpaired) electrons. The van der Waals surface area contributed by atoms with Crippen LogP contribution in [0.1, 0.15) is 38.5 Å². The molecule has 0 aromatic carbocycles. The molecule has 1 heterocycles. The number of nitrogens with zero attached hydrogens (tertiary/aromatic N) is 2. The lowest BCUT2D eigenvalue weighted by Gasteiger charge is -2.23. The maximum absolute atomic E-state index is 12.0. The van der Waals surface area contributed by atoms with Gasteiger partial charge in [0.2, 0.25) is 5.91 Å². The molecule has 2 amide bonds. The molecule has 1 aliphatic heterocycles. The lowest BCUT2D eigenvalue weighted by Crippen LogP contribution is -2.40. The van der Waals surface area contributed by atoms with Gasteiger partial charge in [-0.1, -0.05) is 6.42 Å². The summed E-state index contributed by atoms with van der Waals surface area (Å²) in [6.45, 7) is 0.774. The van der Waals surface area contributed by atoms with Crippen molar-refractivity contribution in [3.63, 3.8) is 0 Å². The molecule has 3 aliphatic rings. The zero-order valence-corrected chi connectivity index (χ0v) is 11.4. The smallest absolute Gasteiger partial charge is 0.267 e. The number of hydrogen-bond donors (Lipinski definition) is 1. The Hall–Kier alpha value is -1.39. The Morgan fingerprint density at radius 2 is 2.21 bits per heavy atom. The third kappa shape index (κ3) is 2.51. The average molecular weight is 263 g/mol. The summed E-state index contributed by atoms with van der Waals surface area (Å²) >= 11 is 0. The summed E-state index contributed by atoms with van der Waals surface area (Å²) in [7, 11) is 1.60. The Labute approximate surface area is 113 Å². The van der Waals surface area contributed by atoms with Crippen LogP contribution >= 0.6 is 0 Å². The van der Waals surface area contributed by atoms with Crippen LogP contribution in [0.25, 0.3) is 0 Å². The van der Waals surface area contributed by atoms with Gasteiger partial charge in [-0.25, -0.2) is 5.01 Å². The van der Waals surface area contributed by atoms with E-state index in [-0.39, 0.29) is 11.8 Å². The van der Waals surface area contributed by atoms with E-state index in [0.29, 0.717) is 24.5 Å². The summed E-state index contributed by atoms with van der Waals surface area (Å²) in [6.07, 6.45) is 6.20. The zero-order chi connectivity index (χ0) is 13.4. The summed E-state index contributed by atoms with van der Waals surface area (Å²) in [4.78, 5) is 23.3. The van der Waals surface area contributed by atoms with Gasteiger partial charge in [0.15, 0.2) is 0 Å². The molecule has 0 unspecified atom stereocenters. The first-order valence-corrected chi connectivity index (χ1v) is 7.25. The normalized spacial score (nSPS) is 33.5. The summed E-state index contributed by atoms with van der Waals surface area (Å²) in [5.41, 5.74) is 0.491. The first-order valence-electron chi connectivity index (χ1n) is 7.25. The fourth-order valence-corrected chi connectivity index (χ4v) is 3.79. The van der Waals surface area contributed by atoms with Crippen LogP contribution in [0.15, 0.2) is 5.10 Å². The highest BCUT2D eigenvalue weighted by atomic mass is 16.2. The van der Waals surface area contributed by atoms with Crippen molar-refractivity contribution in [2.75, 3.05) is 13.6 Å². The zero-order valence-electron chi connectivity index (χ0n) is 11.4. The predicted molar refractivity (Wildman–Crippen MR) is 71.4 cm³/mol. The number of nitrogens with one attached hydrogen (secondary N) is 1. The number of carbonyl (C=O) groups is 2. The van der Waals surface area contributed by atoms with Crippen LogP contribution in [0.2, 0.25) is 0 Å². The van der Waals surface area contributed by atoms with E-state index in [1.54, 1.807) is 7.05 Å². The molecule has 5 heteroatoms. The number of amides is 2. The van der Waals surface area contributed by atoms with Crippen LogP contribution in [-0.4, -0.2) is 36.1 Å². The monoisotopic (exact) mass is 263 g/mol. The number of hydrogen-bond acceptors (Lipinski definition) is 3. The molecule has 3 atom stereocenters. The van der Waals surface area contributed by atoms with Crippen molar-refractivity contribution in [1.82, 2.24) is 10.3 Å². The molecular formula is C14H21N3O2. The van der Waals surface area contributed by atoms with Crippen LogP contribution in [0.4, 0.5) is 0 Å². The van der Waals surface area contributed by atoms with E-state index in [2.05, 4.69) is 10.4 Å². The molecule has 2 fully saturated rings. The van der Waals surface area contributed by atoms with Gasteiger partial charge < -0.3 is 5.32 Å². The molecule has 3 rings (SSSR count). The molecule has 104 valence electrons. The Bertz CT molecular complexity index is 432. The average Bonchev–Trinajstić information content (AvgIpc) is 3.01. The van der Waals surface area contributed by atoms with Gasteiger partial charge in [0.25, 0.3) is 5.91 Å². The van der Waals surface area contributed by atoms with Crippen molar-refractivity contribution < 1.29 is 9.59 Å². The predicted octanol–water partition coefficient (Wildman–Crippen LogP) is 1.15. The van der Waals surface area contributed by atoms with Crippen LogP contribution in [0, 0.1) is 17.8 Å². The van der Waals surface area contributed by atoms with E-state index < -0.39 is 0 Å². The van der Waals surface area contributed by atoms with E-state index in [0.717, 1.165) is 18.4 Å². The van der Waals surface area contributed by atoms with Crippen LogP contribution in [-0.2, 0) is 9.59 Å². The van der Waals surface area contributed by atoms with Crippen LogP contribution in [0.5, 0.6) is 0 Å². The van der Waals surface area contributed by atoms with Crippen molar-refractivity contribution in [1.29, 1.82) is 0 Å². The molecule has 2 saturated carbocycles. The minimum Gasteiger partial charge on any atom is -0.351 e. The van der Waals surface area contributed by atoms with E-state index in [9.17, 15) is 9.59 Å². The highest BCUT2D eigenvalue weighted by molar-refractivity contribution is 6.39. The highest BCUT2D eigenvalue weighted by Gasteiger charge is 2.39. The number of rotatable bonds is 3. The van der Waals surface area contributed by atoms with E-state index in [1.807, 2.05) is 0 Å². The molecule has 1 N–H and O–H groups in total. The second kappa shape index (κ2) is 4.94. The van der Waals surface area contributed by atoms with Crippen molar-refractivity contribution in [3.8, 4) is 0 Å². The fraction of sp³-hybridized carbons (Fsp3) is 0.786. The van der Waals surface area contributed by atoms with Crippen molar-refractivity contribution in [2.24, 2.45) is 22.9 Å². The van der Waals surface area contributed by atoms with E-state index in [4.69, 9.17) is 0 Å². The SMILES string of the molecule is CN1N=C(C(=O)NC[C@H]2C[C@H]3CC[C@H]2C3)CCC1=O. The molecule has 0 aromatic heterocycles. The van der Waals surface area contributed by atoms with Crippen molar-refractivity contribution >= 4 is 17.5 Å². The quantitative estimate of drug-likeness (QED) is 0.830. The molecular weight excluding hydrogens is 242 g/mol. The molecule has 0 saturated heterocycles.